The van der Waals surface area contributed by atoms with Gasteiger partial charge < -0.3 is 4.90 Å². The normalized spacial score (nSPS) is 22.8. The Bertz CT molecular complexity index is 736. The molecule has 0 N–H and O–H groups in total. The first kappa shape index (κ1) is 18.6. The maximum atomic E-state index is 13.0. The van der Waals surface area contributed by atoms with Crippen molar-refractivity contribution in [2.45, 2.75) is 51.0 Å². The maximum absolute atomic E-state index is 13.0. The van der Waals surface area contributed by atoms with Crippen LogP contribution in [0.3, 0.4) is 0 Å². The van der Waals surface area contributed by atoms with Crippen LogP contribution in [0.4, 0.5) is 5.69 Å². The maximum Gasteiger partial charge on any atom is 0.227 e. The molecule has 0 spiro atoms. The van der Waals surface area contributed by atoms with Crippen molar-refractivity contribution in [3.63, 3.8) is 0 Å². The molecule has 1 heterocycles. The molecule has 0 aromatic heterocycles. The first-order valence-electron chi connectivity index (χ1n) is 8.93. The molecule has 136 valence electrons. The molecule has 1 amide bonds. The lowest BCUT2D eigenvalue weighted by Crippen LogP contribution is -2.41. The Balaban J connectivity index is 1.74. The molecular weight excluding hydrogens is 402 g/mol. The van der Waals surface area contributed by atoms with Crippen LogP contribution in [0.5, 0.6) is 0 Å². The second-order valence-corrected chi connectivity index (χ2v) is 9.86. The number of carbonyl (C=O) groups is 1. The second-order valence-electron chi connectivity index (χ2n) is 7.01. The van der Waals surface area contributed by atoms with Gasteiger partial charge in [-0.15, -0.1) is 0 Å². The smallest absolute Gasteiger partial charge is 0.227 e. The molecule has 1 aliphatic carbocycles. The lowest BCUT2D eigenvalue weighted by Gasteiger charge is -2.29. The second kappa shape index (κ2) is 8.04. The van der Waals surface area contributed by atoms with Crippen LogP contribution in [-0.2, 0) is 14.6 Å². The quantitative estimate of drug-likeness (QED) is 0.699. The first-order chi connectivity index (χ1) is 11.9. The third-order valence-corrected chi connectivity index (χ3v) is 7.01. The van der Waals surface area contributed by atoms with Gasteiger partial charge in [-0.3, -0.25) is 4.79 Å². The topological polar surface area (TPSA) is 54.5 Å². The Morgan fingerprint density at radius 1 is 1.12 bits per heavy atom. The van der Waals surface area contributed by atoms with E-state index < -0.39 is 15.9 Å². The van der Waals surface area contributed by atoms with Gasteiger partial charge in [-0.1, -0.05) is 48.0 Å². The molecule has 1 aromatic carbocycles. The number of amides is 1. The summed E-state index contributed by atoms with van der Waals surface area (Å²) in [5.74, 6) is 0.616. The fourth-order valence-corrected chi connectivity index (χ4v) is 5.30. The highest BCUT2D eigenvalue weighted by Gasteiger charge is 2.31. The number of hydrogen-bond donors (Lipinski definition) is 0. The van der Waals surface area contributed by atoms with Crippen molar-refractivity contribution in [1.29, 1.82) is 0 Å². The molecule has 3 rings (SSSR count). The van der Waals surface area contributed by atoms with Gasteiger partial charge in [0.05, 0.1) is 11.8 Å². The molecule has 0 saturated heterocycles. The number of sulfone groups is 1. The van der Waals surface area contributed by atoms with E-state index >= 15 is 0 Å². The Morgan fingerprint density at radius 2 is 1.80 bits per heavy atom. The van der Waals surface area contributed by atoms with E-state index in [1.165, 1.54) is 37.5 Å². The number of nitrogens with zero attached hydrogens (tertiary/aromatic N) is 1. The Morgan fingerprint density at radius 3 is 2.40 bits per heavy atom. The van der Waals surface area contributed by atoms with E-state index in [2.05, 4.69) is 15.9 Å². The van der Waals surface area contributed by atoms with Crippen molar-refractivity contribution in [3.8, 4) is 0 Å². The van der Waals surface area contributed by atoms with Gasteiger partial charge in [0.1, 0.15) is 0 Å². The molecule has 25 heavy (non-hydrogen) atoms. The van der Waals surface area contributed by atoms with Crippen molar-refractivity contribution < 1.29 is 13.2 Å². The average Bonchev–Trinajstić information content (AvgIpc) is 2.95. The van der Waals surface area contributed by atoms with Crippen molar-refractivity contribution in [2.75, 3.05) is 10.7 Å². The molecule has 2 aliphatic rings. The standard InChI is InChI=1S/C19H24BrNO3S/c20-16-7-9-17(10-8-16)21(18-12-13-25(23,24)14-18)19(22)11-6-15-4-2-1-3-5-15/h7-10,12-13,15,18H,1-6,11,14H2/t18-/m0/s1. The average molecular weight is 426 g/mol. The van der Waals surface area contributed by atoms with Gasteiger partial charge >= 0.3 is 0 Å². The van der Waals surface area contributed by atoms with E-state index in [1.807, 2.05) is 24.3 Å². The Labute approximate surface area is 158 Å². The lowest BCUT2D eigenvalue weighted by molar-refractivity contribution is -0.119. The largest absolute Gasteiger partial charge is 0.304 e. The third-order valence-electron chi connectivity index (χ3n) is 5.11. The van der Waals surface area contributed by atoms with Crippen molar-refractivity contribution >= 4 is 37.4 Å². The monoisotopic (exact) mass is 425 g/mol. The number of hydrogen-bond acceptors (Lipinski definition) is 3. The highest BCUT2D eigenvalue weighted by Crippen LogP contribution is 2.30. The molecule has 1 saturated carbocycles. The zero-order valence-electron chi connectivity index (χ0n) is 14.2. The van der Waals surface area contributed by atoms with Crippen LogP contribution in [0, 0.1) is 5.92 Å². The van der Waals surface area contributed by atoms with Crippen LogP contribution >= 0.6 is 15.9 Å². The highest BCUT2D eigenvalue weighted by atomic mass is 79.9. The highest BCUT2D eigenvalue weighted by molar-refractivity contribution is 9.10. The fraction of sp³-hybridized carbons (Fsp3) is 0.526. The fourth-order valence-electron chi connectivity index (χ4n) is 3.77. The summed E-state index contributed by atoms with van der Waals surface area (Å²) in [5, 5.41) is 1.23. The van der Waals surface area contributed by atoms with Gasteiger partial charge in [0, 0.05) is 22.0 Å². The number of carbonyl (C=O) groups excluding carboxylic acids is 1. The molecule has 1 aromatic rings. The predicted molar refractivity (Wildman–Crippen MR) is 104 cm³/mol. The van der Waals surface area contributed by atoms with Gasteiger partial charge in [0.2, 0.25) is 5.91 Å². The van der Waals surface area contributed by atoms with Gasteiger partial charge in [-0.05, 0) is 42.7 Å². The lowest BCUT2D eigenvalue weighted by atomic mass is 9.86. The summed E-state index contributed by atoms with van der Waals surface area (Å²) in [4.78, 5) is 14.6. The van der Waals surface area contributed by atoms with Crippen molar-refractivity contribution in [1.82, 2.24) is 0 Å². The van der Waals surface area contributed by atoms with Crippen LogP contribution in [0.1, 0.15) is 44.9 Å². The molecule has 0 bridgehead atoms. The molecule has 0 unspecified atom stereocenters. The van der Waals surface area contributed by atoms with E-state index in [0.717, 1.165) is 16.6 Å². The minimum absolute atomic E-state index is 0.0136. The van der Waals surface area contributed by atoms with E-state index in [4.69, 9.17) is 0 Å². The van der Waals surface area contributed by atoms with Crippen LogP contribution in [0.2, 0.25) is 0 Å². The minimum Gasteiger partial charge on any atom is -0.304 e. The molecule has 4 nitrogen and oxygen atoms in total. The summed E-state index contributed by atoms with van der Waals surface area (Å²) in [5.41, 5.74) is 0.753. The molecular formula is C19H24BrNO3S. The molecule has 1 fully saturated rings. The SMILES string of the molecule is O=C(CCC1CCCCC1)N(c1ccc(Br)cc1)[C@H]1C=CS(=O)(=O)C1. The van der Waals surface area contributed by atoms with Crippen LogP contribution in [-0.4, -0.2) is 26.1 Å². The number of halogens is 1. The predicted octanol–water partition coefficient (Wildman–Crippen LogP) is 4.45. The molecule has 1 aliphatic heterocycles. The number of rotatable bonds is 5. The minimum atomic E-state index is -3.21. The van der Waals surface area contributed by atoms with E-state index in [1.54, 1.807) is 11.0 Å². The summed E-state index contributed by atoms with van der Waals surface area (Å²) in [7, 11) is -3.21. The van der Waals surface area contributed by atoms with Crippen LogP contribution < -0.4 is 4.90 Å². The zero-order valence-corrected chi connectivity index (χ0v) is 16.6. The van der Waals surface area contributed by atoms with Crippen LogP contribution in [0.15, 0.2) is 40.2 Å². The van der Waals surface area contributed by atoms with Gasteiger partial charge in [-0.25, -0.2) is 8.42 Å². The van der Waals surface area contributed by atoms with E-state index in [9.17, 15) is 13.2 Å². The Kier molecular flexibility index (Phi) is 6.00. The summed E-state index contributed by atoms with van der Waals surface area (Å²) in [6, 6.07) is 7.07. The zero-order chi connectivity index (χ0) is 17.9. The number of benzene rings is 1. The van der Waals surface area contributed by atoms with Gasteiger partial charge in [0.15, 0.2) is 9.84 Å². The molecule has 1 atom stereocenters. The van der Waals surface area contributed by atoms with E-state index in [-0.39, 0.29) is 11.7 Å². The molecule has 6 heteroatoms. The summed E-state index contributed by atoms with van der Waals surface area (Å²) in [6.07, 6.45) is 9.26. The van der Waals surface area contributed by atoms with Crippen molar-refractivity contribution in [2.24, 2.45) is 5.92 Å². The molecule has 0 radical (unpaired) electrons. The summed E-state index contributed by atoms with van der Waals surface area (Å²) >= 11 is 3.40. The van der Waals surface area contributed by atoms with Gasteiger partial charge in [0.25, 0.3) is 0 Å². The Hall–Kier alpha value is -1.14. The first-order valence-corrected chi connectivity index (χ1v) is 11.4. The summed E-state index contributed by atoms with van der Waals surface area (Å²) in [6.45, 7) is 0. The van der Waals surface area contributed by atoms with Crippen LogP contribution in [0.25, 0.3) is 0 Å². The third kappa shape index (κ3) is 4.94. The van der Waals surface area contributed by atoms with Crippen molar-refractivity contribution in [3.05, 3.63) is 40.2 Å². The van der Waals surface area contributed by atoms with E-state index in [0.29, 0.717) is 12.3 Å². The van der Waals surface area contributed by atoms with Gasteiger partial charge in [-0.2, -0.15) is 0 Å². The summed E-state index contributed by atoms with van der Waals surface area (Å²) < 4.78 is 24.6. The number of anilines is 1.